The van der Waals surface area contributed by atoms with Crippen molar-refractivity contribution in [2.75, 3.05) is 31.5 Å². The number of hydrogen-bond donors (Lipinski definition) is 1. The minimum atomic E-state index is 0.624. The second-order valence-corrected chi connectivity index (χ2v) is 5.60. The molecule has 21 heavy (non-hydrogen) atoms. The number of rotatable bonds is 4. The Morgan fingerprint density at radius 3 is 3.05 bits per heavy atom. The summed E-state index contributed by atoms with van der Waals surface area (Å²) in [5.41, 5.74) is 2.48. The fraction of sp³-hybridized carbons (Fsp3) is 0.412. The van der Waals surface area contributed by atoms with E-state index in [0.717, 1.165) is 36.2 Å². The van der Waals surface area contributed by atoms with Gasteiger partial charge in [-0.2, -0.15) is 5.26 Å². The number of hydrogen-bond acceptors (Lipinski definition) is 4. The largest absolute Gasteiger partial charge is 0.383 e. The quantitative estimate of drug-likeness (QED) is 0.935. The van der Waals surface area contributed by atoms with Crippen LogP contribution in [0.25, 0.3) is 10.9 Å². The van der Waals surface area contributed by atoms with Crippen molar-refractivity contribution < 1.29 is 0 Å². The molecule has 2 heterocycles. The Kier molecular flexibility index (Phi) is 4.03. The molecule has 0 radical (unpaired) electrons. The summed E-state index contributed by atoms with van der Waals surface area (Å²) in [6, 6.07) is 10.2. The van der Waals surface area contributed by atoms with E-state index in [4.69, 9.17) is 0 Å². The molecule has 1 aromatic heterocycles. The summed E-state index contributed by atoms with van der Waals surface area (Å²) in [7, 11) is 0. The molecule has 1 aliphatic rings. The van der Waals surface area contributed by atoms with Gasteiger partial charge in [0, 0.05) is 24.7 Å². The van der Waals surface area contributed by atoms with Crippen molar-refractivity contribution in [3.05, 3.63) is 36.0 Å². The van der Waals surface area contributed by atoms with Gasteiger partial charge in [0.25, 0.3) is 0 Å². The van der Waals surface area contributed by atoms with Crippen LogP contribution in [0.1, 0.15) is 18.9 Å². The summed E-state index contributed by atoms with van der Waals surface area (Å²) in [6.45, 7) is 6.58. The predicted octanol–water partition coefficient (Wildman–Crippen LogP) is 2.86. The van der Waals surface area contributed by atoms with E-state index in [0.29, 0.717) is 11.5 Å². The standard InChI is InChI=1S/C17H20N4/c1-2-21-8-7-13(12-21)10-20-17-14(9-18)11-19-16-6-4-3-5-15(16)17/h3-6,11,13H,2,7-8,10,12H2,1H3,(H,19,20). The first-order chi connectivity index (χ1) is 10.3. The van der Waals surface area contributed by atoms with Crippen LogP contribution >= 0.6 is 0 Å². The molecule has 1 N–H and O–H groups in total. The highest BCUT2D eigenvalue weighted by molar-refractivity contribution is 5.93. The normalized spacial score (nSPS) is 18.8. The number of nitrogens with one attached hydrogen (secondary N) is 1. The monoisotopic (exact) mass is 280 g/mol. The van der Waals surface area contributed by atoms with Crippen molar-refractivity contribution in [1.82, 2.24) is 9.88 Å². The van der Waals surface area contributed by atoms with E-state index in [1.165, 1.54) is 13.0 Å². The zero-order valence-corrected chi connectivity index (χ0v) is 12.3. The zero-order chi connectivity index (χ0) is 14.7. The molecule has 0 spiro atoms. The summed E-state index contributed by atoms with van der Waals surface area (Å²) in [6.07, 6.45) is 2.89. The van der Waals surface area contributed by atoms with Crippen molar-refractivity contribution >= 4 is 16.6 Å². The second kappa shape index (κ2) is 6.11. The molecular formula is C17H20N4. The van der Waals surface area contributed by atoms with Gasteiger partial charge < -0.3 is 10.2 Å². The number of nitrogens with zero attached hydrogens (tertiary/aromatic N) is 3. The Morgan fingerprint density at radius 1 is 1.43 bits per heavy atom. The molecule has 1 fully saturated rings. The first-order valence-electron chi connectivity index (χ1n) is 7.56. The molecule has 1 aliphatic heterocycles. The smallest absolute Gasteiger partial charge is 0.103 e. The number of para-hydroxylation sites is 1. The van der Waals surface area contributed by atoms with Crippen LogP contribution in [0.2, 0.25) is 0 Å². The summed E-state index contributed by atoms with van der Waals surface area (Å²) < 4.78 is 0. The zero-order valence-electron chi connectivity index (χ0n) is 12.3. The highest BCUT2D eigenvalue weighted by atomic mass is 15.1. The van der Waals surface area contributed by atoms with Gasteiger partial charge in [-0.1, -0.05) is 25.1 Å². The number of benzene rings is 1. The van der Waals surface area contributed by atoms with Crippen LogP contribution in [0, 0.1) is 17.2 Å². The summed E-state index contributed by atoms with van der Waals surface area (Å²) >= 11 is 0. The molecule has 0 amide bonds. The fourth-order valence-corrected chi connectivity index (χ4v) is 3.03. The van der Waals surface area contributed by atoms with Crippen molar-refractivity contribution in [2.24, 2.45) is 5.92 Å². The lowest BCUT2D eigenvalue weighted by molar-refractivity contribution is 0.345. The molecule has 0 bridgehead atoms. The van der Waals surface area contributed by atoms with Gasteiger partial charge in [0.15, 0.2) is 0 Å². The minimum Gasteiger partial charge on any atom is -0.383 e. The molecule has 0 aliphatic carbocycles. The molecule has 3 rings (SSSR count). The highest BCUT2D eigenvalue weighted by Crippen LogP contribution is 2.26. The fourth-order valence-electron chi connectivity index (χ4n) is 3.03. The third-order valence-electron chi connectivity index (χ3n) is 4.28. The lowest BCUT2D eigenvalue weighted by atomic mass is 10.1. The van der Waals surface area contributed by atoms with E-state index < -0.39 is 0 Å². The lowest BCUT2D eigenvalue weighted by Gasteiger charge is -2.16. The number of anilines is 1. The predicted molar refractivity (Wildman–Crippen MR) is 85.2 cm³/mol. The first-order valence-corrected chi connectivity index (χ1v) is 7.56. The topological polar surface area (TPSA) is 52.0 Å². The maximum absolute atomic E-state index is 9.31. The number of fused-ring (bicyclic) bond motifs is 1. The SMILES string of the molecule is CCN1CCC(CNc2c(C#N)cnc3ccccc23)C1. The van der Waals surface area contributed by atoms with Gasteiger partial charge >= 0.3 is 0 Å². The molecule has 108 valence electrons. The van der Waals surface area contributed by atoms with Crippen molar-refractivity contribution in [3.8, 4) is 6.07 Å². The minimum absolute atomic E-state index is 0.624. The van der Waals surface area contributed by atoms with Gasteiger partial charge in [-0.25, -0.2) is 0 Å². The van der Waals surface area contributed by atoms with Crippen LogP contribution < -0.4 is 5.32 Å². The molecular weight excluding hydrogens is 260 g/mol. The van der Waals surface area contributed by atoms with E-state index >= 15 is 0 Å². The molecule has 1 saturated heterocycles. The first kappa shape index (κ1) is 13.8. The number of aromatic nitrogens is 1. The molecule has 4 heteroatoms. The van der Waals surface area contributed by atoms with E-state index in [9.17, 15) is 5.26 Å². The van der Waals surface area contributed by atoms with Crippen molar-refractivity contribution in [2.45, 2.75) is 13.3 Å². The highest BCUT2D eigenvalue weighted by Gasteiger charge is 2.21. The van der Waals surface area contributed by atoms with Crippen molar-refractivity contribution in [3.63, 3.8) is 0 Å². The average Bonchev–Trinajstić information content (AvgIpc) is 3.00. The van der Waals surface area contributed by atoms with Crippen LogP contribution in [0.5, 0.6) is 0 Å². The van der Waals surface area contributed by atoms with Crippen LogP contribution in [0.15, 0.2) is 30.5 Å². The van der Waals surface area contributed by atoms with Gasteiger partial charge in [-0.05, 0) is 31.5 Å². The van der Waals surface area contributed by atoms with E-state index in [2.05, 4.69) is 28.2 Å². The summed E-state index contributed by atoms with van der Waals surface area (Å²) in [4.78, 5) is 6.82. The number of likely N-dealkylation sites (tertiary alicyclic amines) is 1. The van der Waals surface area contributed by atoms with Crippen LogP contribution in [0.4, 0.5) is 5.69 Å². The molecule has 4 nitrogen and oxygen atoms in total. The van der Waals surface area contributed by atoms with Crippen LogP contribution in [0.3, 0.4) is 0 Å². The summed E-state index contributed by atoms with van der Waals surface area (Å²) in [5, 5.41) is 13.8. The third kappa shape index (κ3) is 2.84. The van der Waals surface area contributed by atoms with Gasteiger partial charge in [-0.3, -0.25) is 4.98 Å². The summed E-state index contributed by atoms with van der Waals surface area (Å²) in [5.74, 6) is 0.656. The average molecular weight is 280 g/mol. The molecule has 1 aromatic carbocycles. The third-order valence-corrected chi connectivity index (χ3v) is 4.28. The van der Waals surface area contributed by atoms with Crippen LogP contribution in [-0.4, -0.2) is 36.1 Å². The van der Waals surface area contributed by atoms with Gasteiger partial charge in [0.05, 0.1) is 16.8 Å². The van der Waals surface area contributed by atoms with Gasteiger partial charge in [0.1, 0.15) is 6.07 Å². The Morgan fingerprint density at radius 2 is 2.29 bits per heavy atom. The Labute approximate surface area is 125 Å². The van der Waals surface area contributed by atoms with E-state index in [1.54, 1.807) is 6.20 Å². The van der Waals surface area contributed by atoms with Crippen molar-refractivity contribution in [1.29, 1.82) is 5.26 Å². The molecule has 2 aromatic rings. The molecule has 0 saturated carbocycles. The Bertz CT molecular complexity index is 674. The Hall–Kier alpha value is -2.12. The number of pyridine rings is 1. The van der Waals surface area contributed by atoms with Gasteiger partial charge in [0.2, 0.25) is 0 Å². The molecule has 1 atom stereocenters. The van der Waals surface area contributed by atoms with E-state index in [-0.39, 0.29) is 0 Å². The second-order valence-electron chi connectivity index (χ2n) is 5.60. The lowest BCUT2D eigenvalue weighted by Crippen LogP contribution is -2.22. The van der Waals surface area contributed by atoms with Gasteiger partial charge in [-0.15, -0.1) is 0 Å². The Balaban J connectivity index is 1.81. The van der Waals surface area contributed by atoms with E-state index in [1.807, 2.05) is 24.3 Å². The van der Waals surface area contributed by atoms with Crippen LogP contribution in [-0.2, 0) is 0 Å². The number of nitriles is 1. The maximum atomic E-state index is 9.31. The maximum Gasteiger partial charge on any atom is 0.103 e. The molecule has 1 unspecified atom stereocenters.